The first-order valence-corrected chi connectivity index (χ1v) is 11.0. The molecule has 1 aliphatic heterocycles. The van der Waals surface area contributed by atoms with Crippen molar-refractivity contribution in [3.63, 3.8) is 0 Å². The Morgan fingerprint density at radius 1 is 1.24 bits per heavy atom. The topological polar surface area (TPSA) is 106 Å². The number of aryl methyl sites for hydroxylation is 1. The standard InChI is InChI=1S/C20H21N3O5S/c1-2-11-29(25,26)23-9-3-5-14-12-15(7-8-17(14)23)21-20(24)16-13-19(28-22-16)18-6-4-10-27-18/h4,6-8,10,12-13H,2-3,5,9,11H2,1H3,(H,21,24). The normalized spacial score (nSPS) is 13.9. The number of anilines is 2. The quantitative estimate of drug-likeness (QED) is 0.658. The number of hydrogen-bond donors (Lipinski definition) is 1. The number of hydrogen-bond acceptors (Lipinski definition) is 6. The number of fused-ring (bicyclic) bond motifs is 1. The van der Waals surface area contributed by atoms with Gasteiger partial charge in [0.25, 0.3) is 5.91 Å². The zero-order valence-corrected chi connectivity index (χ0v) is 16.7. The molecule has 3 aromatic rings. The van der Waals surface area contributed by atoms with E-state index in [2.05, 4.69) is 10.5 Å². The van der Waals surface area contributed by atoms with E-state index in [4.69, 9.17) is 8.94 Å². The Balaban J connectivity index is 1.53. The minimum absolute atomic E-state index is 0.120. The molecular weight excluding hydrogens is 394 g/mol. The van der Waals surface area contributed by atoms with Crippen molar-refractivity contribution in [2.45, 2.75) is 26.2 Å². The first-order chi connectivity index (χ1) is 14.0. The minimum Gasteiger partial charge on any atom is -0.461 e. The second-order valence-corrected chi connectivity index (χ2v) is 8.86. The van der Waals surface area contributed by atoms with Crippen LogP contribution in [-0.2, 0) is 16.4 Å². The summed E-state index contributed by atoms with van der Waals surface area (Å²) in [5.74, 6) is 0.550. The summed E-state index contributed by atoms with van der Waals surface area (Å²) in [6.07, 6.45) is 3.57. The number of rotatable bonds is 6. The lowest BCUT2D eigenvalue weighted by atomic mass is 10.0. The number of nitrogens with one attached hydrogen (secondary N) is 1. The lowest BCUT2D eigenvalue weighted by Crippen LogP contribution is -2.37. The number of sulfonamides is 1. The van der Waals surface area contributed by atoms with Crippen molar-refractivity contribution in [1.29, 1.82) is 0 Å². The summed E-state index contributed by atoms with van der Waals surface area (Å²) in [5, 5.41) is 6.57. The van der Waals surface area contributed by atoms with Crippen LogP contribution in [0.4, 0.5) is 11.4 Å². The first-order valence-electron chi connectivity index (χ1n) is 9.43. The third-order valence-electron chi connectivity index (χ3n) is 4.72. The molecule has 0 spiro atoms. The molecule has 152 valence electrons. The molecule has 0 aliphatic carbocycles. The van der Waals surface area contributed by atoms with Crippen LogP contribution in [0.3, 0.4) is 0 Å². The Kier molecular flexibility index (Phi) is 5.14. The summed E-state index contributed by atoms with van der Waals surface area (Å²) < 4.78 is 36.9. The van der Waals surface area contributed by atoms with E-state index in [1.807, 2.05) is 13.0 Å². The summed E-state index contributed by atoms with van der Waals surface area (Å²) in [7, 11) is -3.33. The highest BCUT2D eigenvalue weighted by Crippen LogP contribution is 2.32. The maximum atomic E-state index is 12.5. The van der Waals surface area contributed by atoms with Gasteiger partial charge >= 0.3 is 0 Å². The fourth-order valence-electron chi connectivity index (χ4n) is 3.41. The largest absolute Gasteiger partial charge is 0.461 e. The molecule has 2 aromatic heterocycles. The van der Waals surface area contributed by atoms with Gasteiger partial charge in [0.2, 0.25) is 15.8 Å². The average molecular weight is 415 g/mol. The number of furan rings is 1. The van der Waals surface area contributed by atoms with E-state index in [9.17, 15) is 13.2 Å². The summed E-state index contributed by atoms with van der Waals surface area (Å²) in [6.45, 7) is 2.33. The lowest BCUT2D eigenvalue weighted by molar-refractivity contribution is 0.101. The molecule has 4 rings (SSSR count). The zero-order valence-electron chi connectivity index (χ0n) is 15.9. The Bertz CT molecular complexity index is 1120. The Hall–Kier alpha value is -3.07. The van der Waals surface area contributed by atoms with Crippen molar-refractivity contribution in [2.75, 3.05) is 21.9 Å². The van der Waals surface area contributed by atoms with E-state index < -0.39 is 15.9 Å². The van der Waals surface area contributed by atoms with Crippen LogP contribution < -0.4 is 9.62 Å². The van der Waals surface area contributed by atoms with Gasteiger partial charge in [-0.3, -0.25) is 9.10 Å². The minimum atomic E-state index is -3.33. The highest BCUT2D eigenvalue weighted by Gasteiger charge is 2.27. The van der Waals surface area contributed by atoms with Gasteiger partial charge in [0.05, 0.1) is 17.7 Å². The fraction of sp³-hybridized carbons (Fsp3) is 0.300. The molecule has 8 nitrogen and oxygen atoms in total. The third-order valence-corrected chi connectivity index (χ3v) is 6.69. The molecule has 1 aromatic carbocycles. The van der Waals surface area contributed by atoms with Gasteiger partial charge in [-0.05, 0) is 55.2 Å². The Morgan fingerprint density at radius 3 is 2.86 bits per heavy atom. The van der Waals surface area contributed by atoms with E-state index >= 15 is 0 Å². The molecular formula is C20H21N3O5S. The van der Waals surface area contributed by atoms with Crippen molar-refractivity contribution >= 4 is 27.3 Å². The molecule has 0 bridgehead atoms. The molecule has 1 aliphatic rings. The van der Waals surface area contributed by atoms with Gasteiger partial charge in [0, 0.05) is 18.3 Å². The van der Waals surface area contributed by atoms with Gasteiger partial charge in [0.15, 0.2) is 11.5 Å². The maximum absolute atomic E-state index is 12.5. The van der Waals surface area contributed by atoms with Crippen molar-refractivity contribution < 1.29 is 22.2 Å². The van der Waals surface area contributed by atoms with Gasteiger partial charge in [-0.15, -0.1) is 0 Å². The molecule has 0 radical (unpaired) electrons. The van der Waals surface area contributed by atoms with Gasteiger partial charge in [-0.1, -0.05) is 12.1 Å². The first kappa shape index (κ1) is 19.3. The molecule has 0 fully saturated rings. The van der Waals surface area contributed by atoms with Gasteiger partial charge in [-0.25, -0.2) is 8.42 Å². The van der Waals surface area contributed by atoms with Crippen molar-refractivity contribution in [2.24, 2.45) is 0 Å². The van der Waals surface area contributed by atoms with Crippen LogP contribution in [0.15, 0.2) is 51.6 Å². The number of carbonyl (C=O) groups is 1. The second-order valence-electron chi connectivity index (χ2n) is 6.84. The maximum Gasteiger partial charge on any atom is 0.277 e. The molecule has 0 unspecified atom stereocenters. The highest BCUT2D eigenvalue weighted by molar-refractivity contribution is 7.92. The van der Waals surface area contributed by atoms with E-state index in [-0.39, 0.29) is 11.4 Å². The van der Waals surface area contributed by atoms with Gasteiger partial charge < -0.3 is 14.3 Å². The number of benzene rings is 1. The van der Waals surface area contributed by atoms with Crippen LogP contribution in [-0.4, -0.2) is 31.8 Å². The predicted molar refractivity (Wildman–Crippen MR) is 108 cm³/mol. The molecule has 1 amide bonds. The zero-order chi connectivity index (χ0) is 20.4. The van der Waals surface area contributed by atoms with E-state index in [0.717, 1.165) is 18.4 Å². The lowest BCUT2D eigenvalue weighted by Gasteiger charge is -2.30. The monoisotopic (exact) mass is 415 g/mol. The second kappa shape index (κ2) is 7.75. The molecule has 1 N–H and O–H groups in total. The predicted octanol–water partition coefficient (Wildman–Crippen LogP) is 3.68. The van der Waals surface area contributed by atoms with E-state index in [1.54, 1.807) is 24.3 Å². The van der Waals surface area contributed by atoms with Crippen molar-refractivity contribution in [3.05, 3.63) is 53.9 Å². The van der Waals surface area contributed by atoms with Gasteiger partial charge in [-0.2, -0.15) is 0 Å². The van der Waals surface area contributed by atoms with Crippen LogP contribution in [0.25, 0.3) is 11.5 Å². The molecule has 3 heterocycles. The Morgan fingerprint density at radius 2 is 2.10 bits per heavy atom. The van der Waals surface area contributed by atoms with Crippen LogP contribution in [0, 0.1) is 0 Å². The van der Waals surface area contributed by atoms with Crippen LogP contribution in [0.1, 0.15) is 35.8 Å². The summed E-state index contributed by atoms with van der Waals surface area (Å²) in [5.41, 5.74) is 2.28. The third kappa shape index (κ3) is 3.91. The van der Waals surface area contributed by atoms with Crippen LogP contribution >= 0.6 is 0 Å². The fourth-order valence-corrected chi connectivity index (χ4v) is 5.03. The van der Waals surface area contributed by atoms with Crippen LogP contribution in [0.5, 0.6) is 0 Å². The smallest absolute Gasteiger partial charge is 0.277 e. The van der Waals surface area contributed by atoms with E-state index in [1.165, 1.54) is 16.6 Å². The summed E-state index contributed by atoms with van der Waals surface area (Å²) in [4.78, 5) is 12.5. The summed E-state index contributed by atoms with van der Waals surface area (Å²) in [6, 6.07) is 10.2. The number of carbonyl (C=O) groups excluding carboxylic acids is 1. The molecule has 29 heavy (non-hydrogen) atoms. The van der Waals surface area contributed by atoms with E-state index in [0.29, 0.717) is 35.9 Å². The summed E-state index contributed by atoms with van der Waals surface area (Å²) >= 11 is 0. The molecule has 9 heteroatoms. The van der Waals surface area contributed by atoms with Gasteiger partial charge in [0.1, 0.15) is 0 Å². The molecule has 0 saturated heterocycles. The number of amides is 1. The highest BCUT2D eigenvalue weighted by atomic mass is 32.2. The SMILES string of the molecule is CCCS(=O)(=O)N1CCCc2cc(NC(=O)c3cc(-c4ccco4)on3)ccc21. The van der Waals surface area contributed by atoms with Crippen molar-refractivity contribution in [3.8, 4) is 11.5 Å². The number of nitrogens with zero attached hydrogens (tertiary/aromatic N) is 2. The van der Waals surface area contributed by atoms with Crippen LogP contribution in [0.2, 0.25) is 0 Å². The molecule has 0 atom stereocenters. The molecule has 0 saturated carbocycles. The van der Waals surface area contributed by atoms with Crippen molar-refractivity contribution in [1.82, 2.24) is 5.16 Å². The Labute approximate surface area is 168 Å². The number of aromatic nitrogens is 1. The average Bonchev–Trinajstić information content (AvgIpc) is 3.39.